The highest BCUT2D eigenvalue weighted by atomic mass is 19.4. The van der Waals surface area contributed by atoms with Gasteiger partial charge < -0.3 is 0 Å². The summed E-state index contributed by atoms with van der Waals surface area (Å²) in [6, 6.07) is 0. The highest BCUT2D eigenvalue weighted by Crippen LogP contribution is 2.55. The second-order valence-electron chi connectivity index (χ2n) is 5.05. The second kappa shape index (κ2) is 3.78. The third kappa shape index (κ3) is 1.95. The Balaban J connectivity index is 3.42. The van der Waals surface area contributed by atoms with Crippen molar-refractivity contribution in [2.45, 2.75) is 40.0 Å². The van der Waals surface area contributed by atoms with Gasteiger partial charge in [0.05, 0.1) is 0 Å². The van der Waals surface area contributed by atoms with Crippen molar-refractivity contribution in [2.75, 3.05) is 0 Å². The fraction of sp³-hybridized carbons (Fsp3) is 0.667. The molecular formula is C12H14F6. The van der Waals surface area contributed by atoms with E-state index >= 15 is 0 Å². The summed E-state index contributed by atoms with van der Waals surface area (Å²) in [5.74, 6) is 0. The van der Waals surface area contributed by atoms with E-state index < -0.39 is 23.2 Å². The SMILES string of the molecule is CC1=CC(C)(C(F)(F)F)C(C)=CC1(C)C(F)(F)F. The third-order valence-corrected chi connectivity index (χ3v) is 3.83. The average Bonchev–Trinajstić information content (AvgIpc) is 2.11. The van der Waals surface area contributed by atoms with Crippen molar-refractivity contribution in [3.05, 3.63) is 23.3 Å². The third-order valence-electron chi connectivity index (χ3n) is 3.83. The fourth-order valence-electron chi connectivity index (χ4n) is 2.00. The number of allylic oxidation sites excluding steroid dienone is 4. The molecule has 0 aromatic heterocycles. The molecule has 0 heterocycles. The van der Waals surface area contributed by atoms with Gasteiger partial charge in [0.1, 0.15) is 10.8 Å². The van der Waals surface area contributed by atoms with Crippen molar-refractivity contribution in [1.29, 1.82) is 0 Å². The van der Waals surface area contributed by atoms with Gasteiger partial charge in [0.15, 0.2) is 0 Å². The van der Waals surface area contributed by atoms with E-state index in [1.54, 1.807) is 0 Å². The van der Waals surface area contributed by atoms with Crippen LogP contribution in [0, 0.1) is 10.8 Å². The molecule has 0 radical (unpaired) electrons. The van der Waals surface area contributed by atoms with E-state index in [1.807, 2.05) is 0 Å². The first-order chi connectivity index (χ1) is 7.76. The molecule has 6 heteroatoms. The molecule has 0 amide bonds. The Labute approximate surface area is 101 Å². The number of alkyl halides is 6. The van der Waals surface area contributed by atoms with Crippen molar-refractivity contribution in [2.24, 2.45) is 10.8 Å². The molecule has 0 nitrogen and oxygen atoms in total. The summed E-state index contributed by atoms with van der Waals surface area (Å²) >= 11 is 0. The lowest BCUT2D eigenvalue weighted by Gasteiger charge is -2.41. The molecular weight excluding hydrogens is 258 g/mol. The summed E-state index contributed by atoms with van der Waals surface area (Å²) in [5, 5.41) is 0. The lowest BCUT2D eigenvalue weighted by molar-refractivity contribution is -0.201. The van der Waals surface area contributed by atoms with Gasteiger partial charge in [0.25, 0.3) is 0 Å². The van der Waals surface area contributed by atoms with Gasteiger partial charge in [-0.05, 0) is 27.7 Å². The van der Waals surface area contributed by atoms with Gasteiger partial charge in [0.2, 0.25) is 0 Å². The first-order valence-electron chi connectivity index (χ1n) is 5.29. The Morgan fingerprint density at radius 1 is 0.722 bits per heavy atom. The molecule has 2 atom stereocenters. The van der Waals surface area contributed by atoms with Gasteiger partial charge in [0, 0.05) is 0 Å². The largest absolute Gasteiger partial charge is 0.401 e. The summed E-state index contributed by atoms with van der Waals surface area (Å²) < 4.78 is 77.6. The molecule has 0 aliphatic heterocycles. The first-order valence-corrected chi connectivity index (χ1v) is 5.29. The van der Waals surface area contributed by atoms with E-state index in [0.717, 1.165) is 27.7 Å². The van der Waals surface area contributed by atoms with Crippen LogP contribution in [-0.2, 0) is 0 Å². The maximum absolute atomic E-state index is 12.9. The van der Waals surface area contributed by atoms with Crippen LogP contribution in [0.1, 0.15) is 27.7 Å². The van der Waals surface area contributed by atoms with Crippen molar-refractivity contribution in [3.63, 3.8) is 0 Å². The van der Waals surface area contributed by atoms with E-state index in [4.69, 9.17) is 0 Å². The molecule has 0 N–H and O–H groups in total. The molecule has 104 valence electrons. The number of hydrogen-bond donors (Lipinski definition) is 0. The van der Waals surface area contributed by atoms with Crippen LogP contribution >= 0.6 is 0 Å². The molecule has 2 unspecified atom stereocenters. The quantitative estimate of drug-likeness (QED) is 0.428. The lowest BCUT2D eigenvalue weighted by atomic mass is 9.67. The molecule has 1 aliphatic rings. The van der Waals surface area contributed by atoms with Crippen LogP contribution in [0.25, 0.3) is 0 Å². The van der Waals surface area contributed by atoms with E-state index in [0.29, 0.717) is 12.2 Å². The lowest BCUT2D eigenvalue weighted by Crippen LogP contribution is -2.43. The molecule has 0 aromatic rings. The monoisotopic (exact) mass is 272 g/mol. The number of hydrogen-bond acceptors (Lipinski definition) is 0. The Morgan fingerprint density at radius 3 is 1.11 bits per heavy atom. The first kappa shape index (κ1) is 15.1. The average molecular weight is 272 g/mol. The summed E-state index contributed by atoms with van der Waals surface area (Å²) in [6.45, 7) is 3.94. The Kier molecular flexibility index (Phi) is 3.17. The van der Waals surface area contributed by atoms with Crippen LogP contribution in [0.5, 0.6) is 0 Å². The van der Waals surface area contributed by atoms with Gasteiger partial charge in [-0.1, -0.05) is 23.3 Å². The van der Waals surface area contributed by atoms with Crippen LogP contribution < -0.4 is 0 Å². The minimum absolute atomic E-state index is 0.333. The van der Waals surface area contributed by atoms with Crippen LogP contribution in [0.3, 0.4) is 0 Å². The van der Waals surface area contributed by atoms with E-state index in [9.17, 15) is 26.3 Å². The second-order valence-corrected chi connectivity index (χ2v) is 5.05. The minimum Gasteiger partial charge on any atom is -0.170 e. The van der Waals surface area contributed by atoms with E-state index in [-0.39, 0.29) is 11.1 Å². The predicted molar refractivity (Wildman–Crippen MR) is 55.8 cm³/mol. The Morgan fingerprint density at radius 2 is 0.944 bits per heavy atom. The maximum Gasteiger partial charge on any atom is 0.401 e. The highest BCUT2D eigenvalue weighted by Gasteiger charge is 2.58. The number of halogens is 6. The van der Waals surface area contributed by atoms with E-state index in [1.165, 1.54) is 0 Å². The molecule has 1 aliphatic carbocycles. The van der Waals surface area contributed by atoms with Gasteiger partial charge >= 0.3 is 12.4 Å². The summed E-state index contributed by atoms with van der Waals surface area (Å²) in [4.78, 5) is 0. The van der Waals surface area contributed by atoms with Gasteiger partial charge in [-0.15, -0.1) is 0 Å². The summed E-state index contributed by atoms with van der Waals surface area (Å²) in [7, 11) is 0. The number of rotatable bonds is 0. The molecule has 0 spiro atoms. The van der Waals surface area contributed by atoms with Crippen LogP contribution in [0.2, 0.25) is 0 Å². The molecule has 0 saturated heterocycles. The molecule has 0 aromatic carbocycles. The fourth-order valence-corrected chi connectivity index (χ4v) is 2.00. The molecule has 0 bridgehead atoms. The Hall–Kier alpha value is -0.940. The van der Waals surface area contributed by atoms with Gasteiger partial charge in [-0.25, -0.2) is 0 Å². The smallest absolute Gasteiger partial charge is 0.170 e. The van der Waals surface area contributed by atoms with Crippen molar-refractivity contribution < 1.29 is 26.3 Å². The molecule has 0 saturated carbocycles. The normalized spacial score (nSPS) is 34.1. The molecule has 1 rings (SSSR count). The standard InChI is InChI=1S/C12H14F6/c1-7-5-10(4,12(16,17)18)8(2)6-9(7,3)11(13,14)15/h5-6H,1-4H3. The molecule has 0 fully saturated rings. The van der Waals surface area contributed by atoms with E-state index in [2.05, 4.69) is 0 Å². The van der Waals surface area contributed by atoms with Crippen LogP contribution in [0.4, 0.5) is 26.3 Å². The summed E-state index contributed by atoms with van der Waals surface area (Å²) in [6.07, 6.45) is -7.87. The summed E-state index contributed by atoms with van der Waals surface area (Å²) in [5.41, 5.74) is -5.33. The predicted octanol–water partition coefficient (Wildman–Crippen LogP) is 5.03. The van der Waals surface area contributed by atoms with Crippen LogP contribution in [0.15, 0.2) is 23.3 Å². The van der Waals surface area contributed by atoms with Gasteiger partial charge in [-0.2, -0.15) is 26.3 Å². The molecule has 18 heavy (non-hydrogen) atoms. The highest BCUT2D eigenvalue weighted by molar-refractivity contribution is 5.38. The zero-order chi connectivity index (χ0) is 14.6. The Bertz CT molecular complexity index is 371. The minimum atomic E-state index is -4.61. The van der Waals surface area contributed by atoms with Crippen molar-refractivity contribution >= 4 is 0 Å². The zero-order valence-electron chi connectivity index (χ0n) is 10.4. The van der Waals surface area contributed by atoms with Gasteiger partial charge in [-0.3, -0.25) is 0 Å². The van der Waals surface area contributed by atoms with Crippen LogP contribution in [-0.4, -0.2) is 12.4 Å². The zero-order valence-corrected chi connectivity index (χ0v) is 10.4. The maximum atomic E-state index is 12.9. The van der Waals surface area contributed by atoms with Crippen molar-refractivity contribution in [1.82, 2.24) is 0 Å². The van der Waals surface area contributed by atoms with Crippen molar-refractivity contribution in [3.8, 4) is 0 Å². The topological polar surface area (TPSA) is 0 Å².